The summed E-state index contributed by atoms with van der Waals surface area (Å²) in [5.41, 5.74) is 0. The Morgan fingerprint density at radius 2 is 1.33 bits per heavy atom. The second-order valence-corrected chi connectivity index (χ2v) is 2.97. The van der Waals surface area contributed by atoms with Gasteiger partial charge >= 0.3 is 0 Å². The first-order valence-corrected chi connectivity index (χ1v) is 2.91. The molecule has 2 heteroatoms. The van der Waals surface area contributed by atoms with Crippen molar-refractivity contribution in [2.45, 2.75) is 12.8 Å². The van der Waals surface area contributed by atoms with Crippen LogP contribution in [0.15, 0.2) is 0 Å². The van der Waals surface area contributed by atoms with Crippen LogP contribution in [0.25, 0.3) is 0 Å². The molecule has 0 amide bonds. The molecule has 1 fully saturated rings. The van der Waals surface area contributed by atoms with E-state index in [2.05, 4.69) is 17.7 Å². The predicted octanol–water partition coefficient (Wildman–Crippen LogP) is 1.41. The van der Waals surface area contributed by atoms with Gasteiger partial charge in [0.25, 0.3) is 0 Å². The van der Waals surface area contributed by atoms with E-state index < -0.39 is 0 Å². The molecule has 0 aromatic carbocycles. The van der Waals surface area contributed by atoms with E-state index in [-0.39, 0.29) is 0 Å². The molecule has 0 atom stereocenters. The summed E-state index contributed by atoms with van der Waals surface area (Å²) in [5.74, 6) is 0. The van der Waals surface area contributed by atoms with Crippen LogP contribution in [0.5, 0.6) is 0 Å². The van der Waals surface area contributed by atoms with Crippen molar-refractivity contribution in [3.05, 3.63) is 0 Å². The third-order valence-corrected chi connectivity index (χ3v) is 1.56. The minimum atomic E-state index is 1.13. The maximum Gasteiger partial charge on any atom is -0.00200 e. The molecule has 1 rings (SSSR count). The van der Waals surface area contributed by atoms with Crippen molar-refractivity contribution < 1.29 is 0 Å². The normalized spacial score (nSPS) is 20.7. The van der Waals surface area contributed by atoms with E-state index in [9.17, 15) is 0 Å². The van der Waals surface area contributed by atoms with Crippen LogP contribution in [0, 0.1) is 0 Å². The van der Waals surface area contributed by atoms with Crippen molar-refractivity contribution >= 4 is 28.3 Å². The molecule has 0 aromatic rings. The summed E-state index contributed by atoms with van der Waals surface area (Å²) in [6, 6.07) is 0. The van der Waals surface area contributed by atoms with Crippen LogP contribution in [0.1, 0.15) is 12.8 Å². The van der Waals surface area contributed by atoms with Crippen molar-refractivity contribution in [3.8, 4) is 0 Å². The molecule has 6 heavy (non-hydrogen) atoms. The molecule has 0 aromatic heterocycles. The van der Waals surface area contributed by atoms with Crippen LogP contribution in [0.3, 0.4) is 0 Å². The molecule has 1 saturated carbocycles. The van der Waals surface area contributed by atoms with E-state index in [1.165, 1.54) is 10.6 Å². The molecule has 0 heterocycles. The zero-order chi connectivity index (χ0) is 4.57. The molecule has 0 radical (unpaired) electrons. The van der Waals surface area contributed by atoms with Crippen LogP contribution in [-0.2, 0) is 0 Å². The predicted molar refractivity (Wildman–Crippen MR) is 35.9 cm³/mol. The molecule has 0 saturated heterocycles. The summed E-state index contributed by atoms with van der Waals surface area (Å²) in [6.07, 6.45) is 2.27. The van der Waals surface area contributed by atoms with Crippen LogP contribution in [-0.4, -0.2) is 10.6 Å². The lowest BCUT2D eigenvalue weighted by Crippen LogP contribution is -2.17. The van der Waals surface area contributed by atoms with Gasteiger partial charge in [0.15, 0.2) is 0 Å². The van der Waals surface area contributed by atoms with E-state index in [1.807, 2.05) is 0 Å². The molecule has 0 bridgehead atoms. The Labute approximate surface area is 42.0 Å². The largest absolute Gasteiger partial charge is 0.122 e. The van der Waals surface area contributed by atoms with Gasteiger partial charge in [-0.15, -0.1) is 17.7 Å². The first-order chi connectivity index (χ1) is 2.79. The van der Waals surface area contributed by atoms with Crippen molar-refractivity contribution in [2.24, 2.45) is 0 Å². The van der Waals surface area contributed by atoms with E-state index >= 15 is 0 Å². The zero-order valence-corrected chi connectivity index (χ0v) is 5.41. The highest BCUT2D eigenvalue weighted by Crippen LogP contribution is 2.13. The lowest BCUT2D eigenvalue weighted by Gasteiger charge is -2.15. The van der Waals surface area contributed by atoms with Crippen LogP contribution in [0.4, 0.5) is 0 Å². The molecular weight excluding hydrogens is 110 g/mol. The van der Waals surface area contributed by atoms with Gasteiger partial charge in [0.05, 0.1) is 0 Å². The third-order valence-electron chi connectivity index (χ3n) is 0.854. The van der Waals surface area contributed by atoms with E-state index in [0.29, 0.717) is 0 Å². The molecule has 0 nitrogen and oxygen atoms in total. The quantitative estimate of drug-likeness (QED) is 0.420. The van der Waals surface area contributed by atoms with Gasteiger partial charge in [0, 0.05) is 0 Å². The summed E-state index contributed by atoms with van der Waals surface area (Å²) in [4.78, 5) is 0. The maximum absolute atomic E-state index is 3.41. The Morgan fingerprint density at radius 3 is 1.33 bits per heavy atom. The van der Waals surface area contributed by atoms with E-state index in [4.69, 9.17) is 0 Å². The van der Waals surface area contributed by atoms with Gasteiger partial charge in [0.1, 0.15) is 0 Å². The molecule has 0 unspecified atom stereocenters. The summed E-state index contributed by atoms with van der Waals surface area (Å²) in [6.45, 7) is 0. The van der Waals surface area contributed by atoms with Crippen molar-refractivity contribution in [2.75, 3.05) is 0 Å². The fourth-order valence-corrected chi connectivity index (χ4v) is 1.67. The highest BCUT2D eigenvalue weighted by molar-refractivity contribution is 7.27. The van der Waals surface area contributed by atoms with E-state index in [0.717, 1.165) is 12.8 Å². The number of hydrogen-bond donors (Lipinski definition) is 0. The average Bonchev–Trinajstić information content (AvgIpc) is 1.33. The van der Waals surface area contributed by atoms with E-state index in [1.54, 1.807) is 0 Å². The fraction of sp³-hybridized carbons (Fsp3) is 0.500. The van der Waals surface area contributed by atoms with Crippen molar-refractivity contribution in [3.63, 3.8) is 0 Å². The van der Waals surface area contributed by atoms with Crippen LogP contribution in [0.2, 0.25) is 0 Å². The molecule has 1 aliphatic carbocycles. The van der Waals surface area contributed by atoms with Crippen molar-refractivity contribution in [1.82, 2.24) is 0 Å². The summed E-state index contributed by atoms with van der Waals surface area (Å²) in [5, 5.41) is 2.81. The molecule has 1 aliphatic rings. The van der Waals surface area contributed by atoms with Gasteiger partial charge in [-0.3, -0.25) is 0 Å². The fourth-order valence-electron chi connectivity index (χ4n) is 0.463. The summed E-state index contributed by atoms with van der Waals surface area (Å²) < 4.78 is 0. The second-order valence-electron chi connectivity index (χ2n) is 1.56. The average molecular weight is 116 g/mol. The SMILES string of the molecule is P=C1CC(=P)C1. The van der Waals surface area contributed by atoms with Crippen LogP contribution >= 0.6 is 17.7 Å². The topological polar surface area (TPSA) is 0 Å². The van der Waals surface area contributed by atoms with Crippen molar-refractivity contribution in [1.29, 1.82) is 0 Å². The Kier molecular flexibility index (Phi) is 1.08. The zero-order valence-electron chi connectivity index (χ0n) is 3.41. The molecule has 0 aliphatic heterocycles. The highest BCUT2D eigenvalue weighted by atomic mass is 31.0. The summed E-state index contributed by atoms with van der Waals surface area (Å²) in [7, 11) is 6.82. The van der Waals surface area contributed by atoms with Gasteiger partial charge in [-0.1, -0.05) is 0 Å². The Bertz CT molecular complexity index is 82.1. The Hall–Kier alpha value is 0.340. The minimum Gasteiger partial charge on any atom is -0.122 e. The van der Waals surface area contributed by atoms with Gasteiger partial charge in [0.2, 0.25) is 0 Å². The molecule has 32 valence electrons. The molecular formula is C4H6P2. The Morgan fingerprint density at radius 1 is 1.00 bits per heavy atom. The first-order valence-electron chi connectivity index (χ1n) is 1.91. The third kappa shape index (κ3) is 0.696. The van der Waals surface area contributed by atoms with Gasteiger partial charge < -0.3 is 0 Å². The Balaban J connectivity index is 2.47. The number of hydrogen-bond acceptors (Lipinski definition) is 0. The second kappa shape index (κ2) is 1.45. The van der Waals surface area contributed by atoms with Crippen LogP contribution < -0.4 is 0 Å². The molecule has 0 spiro atoms. The lowest BCUT2D eigenvalue weighted by atomic mass is 10.0. The van der Waals surface area contributed by atoms with Gasteiger partial charge in [-0.05, 0) is 23.4 Å². The van der Waals surface area contributed by atoms with Gasteiger partial charge in [-0.2, -0.15) is 0 Å². The number of rotatable bonds is 0. The standard InChI is InChI=1S/C4H6P2/c5-3-1-4(6)2-3/h5-6H,1-2H2. The summed E-state index contributed by atoms with van der Waals surface area (Å²) >= 11 is 0. The molecule has 0 N–H and O–H groups in total. The smallest absolute Gasteiger partial charge is 0.00200 e. The monoisotopic (exact) mass is 116 g/mol. The van der Waals surface area contributed by atoms with Gasteiger partial charge in [-0.25, -0.2) is 0 Å². The maximum atomic E-state index is 3.41. The minimum absolute atomic E-state index is 1.13. The lowest BCUT2D eigenvalue weighted by molar-refractivity contribution is 1.38. The first kappa shape index (κ1) is 4.50. The highest BCUT2D eigenvalue weighted by Gasteiger charge is 2.10.